The van der Waals surface area contributed by atoms with Crippen LogP contribution < -0.4 is 31.9 Å². The first-order valence-electron chi connectivity index (χ1n) is 35.1. The zero-order valence-corrected chi connectivity index (χ0v) is 64.6. The van der Waals surface area contributed by atoms with Crippen molar-refractivity contribution in [2.75, 3.05) is 113 Å². The molecule has 0 spiro atoms. The van der Waals surface area contributed by atoms with Crippen LogP contribution in [0.25, 0.3) is 11.0 Å². The van der Waals surface area contributed by atoms with E-state index in [0.717, 1.165) is 11.4 Å². The highest BCUT2D eigenvalue weighted by molar-refractivity contribution is 9.09. The fourth-order valence-electron chi connectivity index (χ4n) is 12.1. The Hall–Kier alpha value is -7.29. The Balaban J connectivity index is 0.951. The molecule has 1 aromatic heterocycles. The molecule has 0 aliphatic carbocycles. The summed E-state index contributed by atoms with van der Waals surface area (Å²) >= 11 is 6.87. The zero-order valence-electron chi connectivity index (χ0n) is 61.5. The van der Waals surface area contributed by atoms with Gasteiger partial charge in [-0.05, 0) is 79.0 Å². The lowest BCUT2D eigenvalue weighted by molar-refractivity contribution is -0.146. The summed E-state index contributed by atoms with van der Waals surface area (Å²) in [5.41, 5.74) is 5.11. The molecule has 103 heavy (non-hydrogen) atoms. The molecule has 2 heterocycles. The lowest BCUT2D eigenvalue weighted by Crippen LogP contribution is -2.56. The van der Waals surface area contributed by atoms with Crippen LogP contribution in [0.4, 0.5) is 10.5 Å². The minimum atomic E-state index is -1.03. The van der Waals surface area contributed by atoms with E-state index in [9.17, 15) is 48.3 Å². The van der Waals surface area contributed by atoms with Gasteiger partial charge in [-0.25, -0.2) is 14.8 Å². The Kier molecular flexibility index (Phi) is 37.9. The van der Waals surface area contributed by atoms with E-state index in [-0.39, 0.29) is 75.4 Å². The number of ether oxygens (including phenoxy) is 7. The highest BCUT2D eigenvalue weighted by Gasteiger charge is 2.43. The van der Waals surface area contributed by atoms with Gasteiger partial charge in [0.2, 0.25) is 41.4 Å². The van der Waals surface area contributed by atoms with Gasteiger partial charge in [0, 0.05) is 69.7 Å². The lowest BCUT2D eigenvalue weighted by Gasteiger charge is -2.39. The minimum Gasteiger partial charge on any atom is -0.445 e. The maximum atomic E-state index is 14.3. The Morgan fingerprint density at radius 3 is 1.87 bits per heavy atom. The van der Waals surface area contributed by atoms with Crippen LogP contribution in [0.5, 0.6) is 0 Å². The number of fused-ring (bicyclic) bond motifs is 1. The number of carbonyl (C=O) groups excluding carboxylic acids is 9. The Labute approximate surface area is 621 Å². The van der Waals surface area contributed by atoms with Gasteiger partial charge in [-0.1, -0.05) is 129 Å². The molecule has 1 saturated heterocycles. The first-order valence-corrected chi connectivity index (χ1v) is 37.3. The van der Waals surface area contributed by atoms with Gasteiger partial charge in [0.15, 0.2) is 0 Å². The van der Waals surface area contributed by atoms with E-state index in [1.54, 1.807) is 108 Å². The van der Waals surface area contributed by atoms with Crippen molar-refractivity contribution in [3.8, 4) is 0 Å². The van der Waals surface area contributed by atoms with Crippen molar-refractivity contribution in [2.45, 2.75) is 153 Å². The quantitative estimate of drug-likeness (QED) is 0.0187. The monoisotopic (exact) mass is 1570 g/mol. The molecule has 4 aromatic rings. The lowest BCUT2D eigenvalue weighted by atomic mass is 9.90. The summed E-state index contributed by atoms with van der Waals surface area (Å²) < 4.78 is 39.7. The third kappa shape index (κ3) is 27.3. The zero-order chi connectivity index (χ0) is 75.7. The van der Waals surface area contributed by atoms with Gasteiger partial charge in [-0.15, -0.1) is 0 Å². The van der Waals surface area contributed by atoms with E-state index >= 15 is 0 Å². The van der Waals surface area contributed by atoms with Crippen molar-refractivity contribution in [1.29, 1.82) is 0 Å². The number of likely N-dealkylation sites (tertiary alicyclic amines) is 1. The molecule has 9 amide bonds. The number of aliphatic hydroxyl groups excluding tert-OH is 1. The molecule has 30 heteroatoms. The van der Waals surface area contributed by atoms with Crippen LogP contribution in [0.3, 0.4) is 0 Å². The summed E-state index contributed by atoms with van der Waals surface area (Å²) in [5.74, 6) is -4.83. The number of halogens is 2. The standard InChI is InChI=1S/C73H107Br2N11O17/c1-13-47(6)66(59(97-11)39-62(89)86-29-17-20-58(86)68(98-12)48(7)69(92)79-49(8)67(91)51-18-15-14-16-19-51)84(9)63(90)43-78-72(95)65(46(4)5)85(10)73(96)103-44-50-21-24-53(25-22-50)80-61(88)42-77-71(94)64(45(2)3)83-60(87)27-30-99-32-34-101-36-37-102-35-33-100-31-28-76-70(93)52-23-26-54-55(38-52)82-57(41-75)56(40-74)81-54/h14-16,18-19,21-26,38,45-49,58-59,64-68,91H,13,17,20,27-37,39-44H2,1-12H3,(H,76,93)(H,77,94)(H,78,95)(H,79,92)(H,80,88)(H,83,87)/t47-,48+,49+,58-,59+,64?,65?,66-,67+,68+/m0/s1. The van der Waals surface area contributed by atoms with Crippen molar-refractivity contribution < 1.29 is 81.4 Å². The number of alkyl halides is 2. The third-order valence-electron chi connectivity index (χ3n) is 18.1. The van der Waals surface area contributed by atoms with Gasteiger partial charge in [-0.2, -0.15) is 0 Å². The minimum absolute atomic E-state index is 0.0102. The van der Waals surface area contributed by atoms with E-state index in [2.05, 4.69) is 73.7 Å². The SMILES string of the molecule is CC[C@H](C)[C@@H]([C@@H](CC(=O)N1CCC[C@H]1[C@H](OC)[C@@H](C)C(=O)N[C@H](C)[C@@H](O)c1ccccc1)OC)N(C)C(=O)CNC(=O)C(C(C)C)N(C)C(=O)OCc1ccc(NC(=O)CNC(=O)C(NC(=O)CCOCCOCCOCCOCCNC(=O)c2ccc3nc(CBr)c(CBr)nc3c2)C(C)C)cc1. The molecule has 7 N–H and O–H groups in total. The highest BCUT2D eigenvalue weighted by Crippen LogP contribution is 2.30. The fourth-order valence-corrected chi connectivity index (χ4v) is 13.0. The Morgan fingerprint density at radius 2 is 1.28 bits per heavy atom. The molecule has 2 unspecified atom stereocenters. The molecule has 10 atom stereocenters. The highest BCUT2D eigenvalue weighted by atomic mass is 79.9. The second-order valence-corrected chi connectivity index (χ2v) is 27.3. The van der Waals surface area contributed by atoms with Crippen molar-refractivity contribution in [3.05, 3.63) is 101 Å². The van der Waals surface area contributed by atoms with Crippen molar-refractivity contribution in [3.63, 3.8) is 0 Å². The molecule has 3 aromatic carbocycles. The maximum absolute atomic E-state index is 14.3. The number of rotatable bonds is 45. The van der Waals surface area contributed by atoms with Gasteiger partial charge in [-0.3, -0.25) is 43.3 Å². The van der Waals surface area contributed by atoms with Crippen LogP contribution in [0.15, 0.2) is 72.8 Å². The number of likely N-dealkylation sites (N-methyl/N-ethyl adjacent to an activating group) is 2. The Morgan fingerprint density at radius 1 is 0.670 bits per heavy atom. The summed E-state index contributed by atoms with van der Waals surface area (Å²) in [6.45, 7) is 16.5. The van der Waals surface area contributed by atoms with Gasteiger partial charge in [0.25, 0.3) is 5.91 Å². The Bertz CT molecular complexity index is 3360. The number of amides is 9. The van der Waals surface area contributed by atoms with Crippen LogP contribution in [0.1, 0.15) is 126 Å². The van der Waals surface area contributed by atoms with Crippen molar-refractivity contribution >= 4 is 102 Å². The van der Waals surface area contributed by atoms with E-state index in [1.807, 2.05) is 32.0 Å². The summed E-state index contributed by atoms with van der Waals surface area (Å²) in [4.78, 5) is 135. The first kappa shape index (κ1) is 86.4. The average Bonchev–Trinajstić information content (AvgIpc) is 1.72. The molecule has 1 aliphatic heterocycles. The largest absolute Gasteiger partial charge is 0.445 e. The van der Waals surface area contributed by atoms with Crippen molar-refractivity contribution in [1.82, 2.24) is 51.3 Å². The van der Waals surface area contributed by atoms with Crippen LogP contribution in [0.2, 0.25) is 0 Å². The molecule has 0 bridgehead atoms. The topological polar surface area (TPSA) is 346 Å². The molecule has 28 nitrogen and oxygen atoms in total. The predicted molar refractivity (Wildman–Crippen MR) is 395 cm³/mol. The van der Waals surface area contributed by atoms with Gasteiger partial charge >= 0.3 is 6.09 Å². The molecule has 1 aliphatic rings. The van der Waals surface area contributed by atoms with Crippen LogP contribution >= 0.6 is 31.9 Å². The van der Waals surface area contributed by atoms with Gasteiger partial charge in [0.05, 0.1) is 137 Å². The number of hydrogen-bond donors (Lipinski definition) is 7. The number of hydrogen-bond acceptors (Lipinski definition) is 19. The predicted octanol–water partition coefficient (Wildman–Crippen LogP) is 6.37. The average molecular weight is 1570 g/mol. The molecular formula is C73H107Br2N11O17. The number of methoxy groups -OCH3 is 2. The second kappa shape index (κ2) is 45.2. The number of carbonyl (C=O) groups is 9. The normalized spacial score (nSPS) is 15.6. The van der Waals surface area contributed by atoms with E-state index in [0.29, 0.717) is 109 Å². The van der Waals surface area contributed by atoms with Crippen molar-refractivity contribution in [2.24, 2.45) is 23.7 Å². The summed E-state index contributed by atoms with van der Waals surface area (Å²) in [7, 11) is 6.04. The van der Waals surface area contributed by atoms with Crippen LogP contribution in [0, 0.1) is 23.7 Å². The molecule has 570 valence electrons. The fraction of sp³-hybridized carbons (Fsp3) is 0.603. The maximum Gasteiger partial charge on any atom is 0.410 e. The van der Waals surface area contributed by atoms with Crippen LogP contribution in [-0.4, -0.2) is 233 Å². The molecule has 0 saturated carbocycles. The molecule has 5 rings (SSSR count). The smallest absolute Gasteiger partial charge is 0.410 e. The van der Waals surface area contributed by atoms with Crippen LogP contribution in [-0.2, 0) is 84.0 Å². The summed E-state index contributed by atoms with van der Waals surface area (Å²) in [5, 5.41) is 28.5. The van der Waals surface area contributed by atoms with Gasteiger partial charge in [0.1, 0.15) is 18.7 Å². The number of nitrogens with one attached hydrogen (secondary N) is 6. The third-order valence-corrected chi connectivity index (χ3v) is 19.1. The van der Waals surface area contributed by atoms with Gasteiger partial charge < -0.3 is 80.0 Å². The summed E-state index contributed by atoms with van der Waals surface area (Å²) in [6.07, 6.45) is -1.29. The number of aromatic nitrogens is 2. The van der Waals surface area contributed by atoms with E-state index < -0.39 is 103 Å². The first-order chi connectivity index (χ1) is 49.3. The molecule has 1 fully saturated rings. The van der Waals surface area contributed by atoms with E-state index in [4.69, 9.17) is 33.2 Å². The number of anilines is 1. The number of benzene rings is 3. The summed E-state index contributed by atoms with van der Waals surface area (Å²) in [6, 6.07) is 17.2. The number of aliphatic hydroxyl groups is 1. The second-order valence-electron chi connectivity index (χ2n) is 26.2. The van der Waals surface area contributed by atoms with E-state index in [1.165, 1.54) is 31.1 Å². The molecular weight excluding hydrogens is 1460 g/mol. The number of nitrogens with zero attached hydrogens (tertiary/aromatic N) is 5. The molecule has 0 radical (unpaired) electrons.